The van der Waals surface area contributed by atoms with Crippen LogP contribution in [-0.4, -0.2) is 49.1 Å². The topological polar surface area (TPSA) is 108 Å². The molecule has 0 saturated carbocycles. The number of fused-ring (bicyclic) bond motifs is 1. The van der Waals surface area contributed by atoms with E-state index in [1.807, 2.05) is 13.0 Å². The number of hydrogen-bond acceptors (Lipinski definition) is 8. The highest BCUT2D eigenvalue weighted by Gasteiger charge is 2.30. The molecule has 1 heterocycles. The van der Waals surface area contributed by atoms with E-state index in [1.54, 1.807) is 18.2 Å². The van der Waals surface area contributed by atoms with Gasteiger partial charge in [-0.05, 0) is 50.5 Å². The number of phenols is 1. The number of hydrogen-bond donors (Lipinski definition) is 1. The summed E-state index contributed by atoms with van der Waals surface area (Å²) in [5.41, 5.74) is 2.35. The Kier molecular flexibility index (Phi) is 10.6. The summed E-state index contributed by atoms with van der Waals surface area (Å²) >= 11 is 0. The number of methoxy groups -OCH3 is 1. The predicted octanol–water partition coefficient (Wildman–Crippen LogP) is 5.63. The second-order valence-electron chi connectivity index (χ2n) is 9.45. The van der Waals surface area contributed by atoms with E-state index in [1.165, 1.54) is 14.0 Å². The molecular formula is C30H38O8. The minimum Gasteiger partial charge on any atom is -0.507 e. The van der Waals surface area contributed by atoms with E-state index in [4.69, 9.17) is 18.9 Å². The molecule has 0 radical (unpaired) electrons. The molecule has 0 saturated heterocycles. The van der Waals surface area contributed by atoms with Gasteiger partial charge in [-0.25, -0.2) is 0 Å². The van der Waals surface area contributed by atoms with Crippen LogP contribution in [0.25, 0.3) is 0 Å². The number of benzene rings is 2. The number of phenolic OH excluding ortho intramolecular Hbond substituents is 1. The van der Waals surface area contributed by atoms with Crippen LogP contribution in [0.15, 0.2) is 24.3 Å². The molecule has 2 aromatic rings. The Labute approximate surface area is 224 Å². The Morgan fingerprint density at radius 3 is 2.26 bits per heavy atom. The van der Waals surface area contributed by atoms with Gasteiger partial charge >= 0.3 is 5.97 Å². The molecule has 1 aliphatic heterocycles. The van der Waals surface area contributed by atoms with Crippen LogP contribution in [0, 0.1) is 0 Å². The molecule has 8 nitrogen and oxygen atoms in total. The van der Waals surface area contributed by atoms with E-state index in [2.05, 4.69) is 6.92 Å². The summed E-state index contributed by atoms with van der Waals surface area (Å²) < 4.78 is 22.9. The molecule has 0 aromatic heterocycles. The van der Waals surface area contributed by atoms with Crippen molar-refractivity contribution in [3.05, 3.63) is 46.5 Å². The molecule has 0 amide bonds. The van der Waals surface area contributed by atoms with Gasteiger partial charge < -0.3 is 24.1 Å². The summed E-state index contributed by atoms with van der Waals surface area (Å²) in [5.74, 6) is 1.27. The molecule has 0 aliphatic carbocycles. The number of ether oxygens (including phenoxy) is 4. The van der Waals surface area contributed by atoms with Crippen molar-refractivity contribution in [1.29, 1.82) is 0 Å². The number of rotatable bonds is 14. The highest BCUT2D eigenvalue weighted by molar-refractivity contribution is 6.00. The zero-order chi connectivity index (χ0) is 27.7. The van der Waals surface area contributed by atoms with Gasteiger partial charge in [0.15, 0.2) is 11.6 Å². The van der Waals surface area contributed by atoms with Crippen LogP contribution in [0.1, 0.15) is 91.1 Å². The average molecular weight is 527 g/mol. The van der Waals surface area contributed by atoms with Crippen molar-refractivity contribution >= 4 is 17.5 Å². The largest absolute Gasteiger partial charge is 0.507 e. The SMILES string of the molecule is CCCc1c(OCCCOc2ccc3c(c2CCC)OC(CCC(=O)OC)CC3=O)ccc(C(C)=O)c1O. The molecule has 206 valence electrons. The quantitative estimate of drug-likeness (QED) is 0.192. The molecule has 0 spiro atoms. The van der Waals surface area contributed by atoms with Gasteiger partial charge in [-0.1, -0.05) is 26.7 Å². The lowest BCUT2D eigenvalue weighted by molar-refractivity contribution is -0.141. The first-order valence-corrected chi connectivity index (χ1v) is 13.3. The van der Waals surface area contributed by atoms with Gasteiger partial charge in [0.2, 0.25) is 0 Å². The summed E-state index contributed by atoms with van der Waals surface area (Å²) in [4.78, 5) is 36.1. The van der Waals surface area contributed by atoms with Gasteiger partial charge in [0.1, 0.15) is 29.1 Å². The van der Waals surface area contributed by atoms with Gasteiger partial charge in [0.25, 0.3) is 0 Å². The molecule has 0 bridgehead atoms. The van der Waals surface area contributed by atoms with Crippen LogP contribution in [0.2, 0.25) is 0 Å². The summed E-state index contributed by atoms with van der Waals surface area (Å²) in [6, 6.07) is 6.89. The fraction of sp³-hybridized carbons (Fsp3) is 0.500. The molecule has 2 aromatic carbocycles. The summed E-state index contributed by atoms with van der Waals surface area (Å²) in [7, 11) is 1.34. The van der Waals surface area contributed by atoms with Crippen LogP contribution >= 0.6 is 0 Å². The lowest BCUT2D eigenvalue weighted by atomic mass is 9.94. The lowest BCUT2D eigenvalue weighted by Crippen LogP contribution is -2.28. The Bertz CT molecular complexity index is 1150. The first-order valence-electron chi connectivity index (χ1n) is 13.3. The number of esters is 1. The maximum atomic E-state index is 12.8. The first kappa shape index (κ1) is 29.0. The van der Waals surface area contributed by atoms with Crippen LogP contribution < -0.4 is 14.2 Å². The number of aromatic hydroxyl groups is 1. The van der Waals surface area contributed by atoms with Gasteiger partial charge in [-0.3, -0.25) is 14.4 Å². The van der Waals surface area contributed by atoms with Crippen LogP contribution in [0.4, 0.5) is 0 Å². The zero-order valence-electron chi connectivity index (χ0n) is 22.8. The Morgan fingerprint density at radius 1 is 1.00 bits per heavy atom. The molecule has 8 heteroatoms. The van der Waals surface area contributed by atoms with E-state index >= 15 is 0 Å². The van der Waals surface area contributed by atoms with Crippen molar-refractivity contribution in [3.63, 3.8) is 0 Å². The summed E-state index contributed by atoms with van der Waals surface area (Å²) in [5, 5.41) is 10.5. The van der Waals surface area contributed by atoms with Crippen molar-refractivity contribution in [2.24, 2.45) is 0 Å². The molecule has 3 rings (SSSR count). The van der Waals surface area contributed by atoms with E-state index in [0.717, 1.165) is 18.4 Å². The standard InChI is InChI=1S/C30H38O8/c1-5-8-23-26(13-11-21(19(3)31)29(23)34)36-16-7-17-37-27-14-12-22-25(32)18-20(10-15-28(33)35-4)38-30(22)24(27)9-6-2/h11-14,20,34H,5-10,15-18H2,1-4H3. The Hall–Kier alpha value is -3.55. The second kappa shape index (κ2) is 13.8. The maximum Gasteiger partial charge on any atom is 0.305 e. The smallest absolute Gasteiger partial charge is 0.305 e. The van der Waals surface area contributed by atoms with Crippen molar-refractivity contribution in [3.8, 4) is 23.0 Å². The minimum atomic E-state index is -0.378. The third kappa shape index (κ3) is 7.05. The molecule has 1 atom stereocenters. The van der Waals surface area contributed by atoms with Crippen molar-refractivity contribution in [1.82, 2.24) is 0 Å². The second-order valence-corrected chi connectivity index (χ2v) is 9.45. The molecule has 0 fully saturated rings. The van der Waals surface area contributed by atoms with Crippen molar-refractivity contribution < 1.29 is 38.4 Å². The third-order valence-electron chi connectivity index (χ3n) is 6.54. The van der Waals surface area contributed by atoms with Crippen LogP contribution in [-0.2, 0) is 22.4 Å². The molecule has 1 N–H and O–H groups in total. The number of Topliss-reactive ketones (excluding diaryl/α,β-unsaturated/α-hetero) is 2. The average Bonchev–Trinajstić information content (AvgIpc) is 2.89. The number of carbonyl (C=O) groups excluding carboxylic acids is 3. The predicted molar refractivity (Wildman–Crippen MR) is 143 cm³/mol. The Morgan fingerprint density at radius 2 is 1.63 bits per heavy atom. The van der Waals surface area contributed by atoms with E-state index < -0.39 is 0 Å². The van der Waals surface area contributed by atoms with Crippen molar-refractivity contribution in [2.45, 2.75) is 78.2 Å². The van der Waals surface area contributed by atoms with Crippen LogP contribution in [0.3, 0.4) is 0 Å². The normalized spacial score (nSPS) is 14.4. The van der Waals surface area contributed by atoms with Gasteiger partial charge in [0, 0.05) is 30.4 Å². The summed E-state index contributed by atoms with van der Waals surface area (Å²) in [6.07, 6.45) is 3.99. The fourth-order valence-electron chi connectivity index (χ4n) is 4.60. The monoisotopic (exact) mass is 526 g/mol. The van der Waals surface area contributed by atoms with Crippen molar-refractivity contribution in [2.75, 3.05) is 20.3 Å². The number of ketones is 2. The third-order valence-corrected chi connectivity index (χ3v) is 6.54. The summed E-state index contributed by atoms with van der Waals surface area (Å²) in [6.45, 7) is 6.24. The minimum absolute atomic E-state index is 0.000321. The molecular weight excluding hydrogens is 488 g/mol. The van der Waals surface area contributed by atoms with E-state index in [9.17, 15) is 19.5 Å². The molecule has 1 unspecified atom stereocenters. The maximum absolute atomic E-state index is 12.8. The highest BCUT2D eigenvalue weighted by Crippen LogP contribution is 2.39. The lowest BCUT2D eigenvalue weighted by Gasteiger charge is -2.28. The zero-order valence-corrected chi connectivity index (χ0v) is 22.8. The first-order chi connectivity index (χ1) is 18.3. The van der Waals surface area contributed by atoms with E-state index in [0.29, 0.717) is 72.8 Å². The van der Waals surface area contributed by atoms with Gasteiger partial charge in [0.05, 0.1) is 31.5 Å². The van der Waals surface area contributed by atoms with E-state index in [-0.39, 0.29) is 42.2 Å². The molecule has 1 aliphatic rings. The fourth-order valence-corrected chi connectivity index (χ4v) is 4.60. The van der Waals surface area contributed by atoms with Crippen LogP contribution in [0.5, 0.6) is 23.0 Å². The highest BCUT2D eigenvalue weighted by atomic mass is 16.5. The number of carbonyl (C=O) groups is 3. The van der Waals surface area contributed by atoms with Gasteiger partial charge in [-0.15, -0.1) is 0 Å². The molecule has 38 heavy (non-hydrogen) atoms. The van der Waals surface area contributed by atoms with Gasteiger partial charge in [-0.2, -0.15) is 0 Å². The Balaban J connectivity index is 1.65.